The van der Waals surface area contributed by atoms with Gasteiger partial charge in [0.05, 0.1) is 0 Å². The normalized spacial score (nSPS) is 11.6. The Balaban J connectivity index is 2.55. The summed E-state index contributed by atoms with van der Waals surface area (Å²) < 4.78 is 13.1. The maximum atomic E-state index is 13.1. The van der Waals surface area contributed by atoms with Gasteiger partial charge in [0.1, 0.15) is 5.67 Å². The van der Waals surface area contributed by atoms with Gasteiger partial charge in [0.25, 0.3) is 0 Å². The van der Waals surface area contributed by atoms with Crippen LogP contribution in [0, 0.1) is 0 Å². The van der Waals surface area contributed by atoms with Crippen LogP contribution in [0.5, 0.6) is 0 Å². The van der Waals surface area contributed by atoms with Crippen molar-refractivity contribution in [3.8, 4) is 0 Å². The van der Waals surface area contributed by atoms with Crippen molar-refractivity contribution in [2.24, 2.45) is 0 Å². The van der Waals surface area contributed by atoms with E-state index in [0.717, 1.165) is 10.6 Å². The van der Waals surface area contributed by atoms with Gasteiger partial charge in [0, 0.05) is 16.3 Å². The minimum absolute atomic E-state index is 0.455. The first-order valence-corrected chi connectivity index (χ1v) is 5.13. The molecule has 1 aromatic carbocycles. The molecule has 0 amide bonds. The van der Waals surface area contributed by atoms with E-state index in [4.69, 9.17) is 5.73 Å². The fourth-order valence-electron chi connectivity index (χ4n) is 0.859. The summed E-state index contributed by atoms with van der Waals surface area (Å²) in [5, 5.41) is 0. The van der Waals surface area contributed by atoms with Gasteiger partial charge in [-0.05, 0) is 32.0 Å². The molecule has 1 aromatic rings. The Labute approximate surface area is 82.5 Å². The highest BCUT2D eigenvalue weighted by Gasteiger charge is 2.15. The summed E-state index contributed by atoms with van der Waals surface area (Å²) >= 11 is 1.49. The van der Waals surface area contributed by atoms with Crippen LogP contribution in [-0.4, -0.2) is 11.4 Å². The lowest BCUT2D eigenvalue weighted by molar-refractivity contribution is 0.253. The SMILES string of the molecule is CC(C)(F)CSc1cccc(N)c1. The van der Waals surface area contributed by atoms with Gasteiger partial charge in [-0.25, -0.2) is 4.39 Å². The lowest BCUT2D eigenvalue weighted by atomic mass is 10.2. The molecule has 0 spiro atoms. The molecule has 0 fully saturated rings. The third kappa shape index (κ3) is 4.18. The molecule has 1 nitrogen and oxygen atoms in total. The summed E-state index contributed by atoms with van der Waals surface area (Å²) in [6.45, 7) is 3.15. The molecule has 0 atom stereocenters. The first-order valence-electron chi connectivity index (χ1n) is 4.15. The van der Waals surface area contributed by atoms with Gasteiger partial charge < -0.3 is 5.73 Å². The molecule has 0 heterocycles. The molecule has 0 unspecified atom stereocenters. The second-order valence-corrected chi connectivity index (χ2v) is 4.63. The largest absolute Gasteiger partial charge is 0.399 e. The third-order valence-electron chi connectivity index (χ3n) is 1.44. The number of thioether (sulfide) groups is 1. The van der Waals surface area contributed by atoms with Crippen LogP contribution in [0.4, 0.5) is 10.1 Å². The number of rotatable bonds is 3. The number of halogens is 1. The summed E-state index contributed by atoms with van der Waals surface area (Å²) in [6, 6.07) is 7.50. The molecule has 0 saturated carbocycles. The van der Waals surface area contributed by atoms with Crippen molar-refractivity contribution < 1.29 is 4.39 Å². The monoisotopic (exact) mass is 199 g/mol. The van der Waals surface area contributed by atoms with E-state index in [1.807, 2.05) is 24.3 Å². The molecular weight excluding hydrogens is 185 g/mol. The van der Waals surface area contributed by atoms with Crippen LogP contribution >= 0.6 is 11.8 Å². The maximum Gasteiger partial charge on any atom is 0.114 e. The number of benzene rings is 1. The molecular formula is C10H14FNS. The summed E-state index contributed by atoms with van der Waals surface area (Å²) in [5.41, 5.74) is 5.18. The lowest BCUT2D eigenvalue weighted by Gasteiger charge is -2.12. The Kier molecular flexibility index (Phi) is 3.20. The van der Waals surface area contributed by atoms with E-state index in [1.165, 1.54) is 11.8 Å². The van der Waals surface area contributed by atoms with E-state index >= 15 is 0 Å². The molecule has 0 saturated heterocycles. The van der Waals surface area contributed by atoms with Crippen LogP contribution in [0.15, 0.2) is 29.2 Å². The first-order chi connectivity index (χ1) is 5.97. The second kappa shape index (κ2) is 4.01. The highest BCUT2D eigenvalue weighted by atomic mass is 32.2. The zero-order valence-electron chi connectivity index (χ0n) is 7.88. The Bertz CT molecular complexity index is 280. The fourth-order valence-corrected chi connectivity index (χ4v) is 1.76. The van der Waals surface area contributed by atoms with E-state index in [9.17, 15) is 4.39 Å². The Morgan fingerprint density at radius 3 is 2.69 bits per heavy atom. The predicted octanol–water partition coefficient (Wildman–Crippen LogP) is 3.11. The van der Waals surface area contributed by atoms with Crippen molar-refractivity contribution in [2.75, 3.05) is 11.5 Å². The zero-order valence-corrected chi connectivity index (χ0v) is 8.70. The van der Waals surface area contributed by atoms with Crippen molar-refractivity contribution in [3.05, 3.63) is 24.3 Å². The van der Waals surface area contributed by atoms with E-state index < -0.39 is 5.67 Å². The summed E-state index contributed by atoms with van der Waals surface area (Å²) in [6.07, 6.45) is 0. The topological polar surface area (TPSA) is 26.0 Å². The highest BCUT2D eigenvalue weighted by molar-refractivity contribution is 7.99. The zero-order chi connectivity index (χ0) is 9.90. The molecule has 0 bridgehead atoms. The summed E-state index contributed by atoms with van der Waals surface area (Å²) in [4.78, 5) is 1.02. The van der Waals surface area contributed by atoms with Crippen LogP contribution in [0.3, 0.4) is 0 Å². The highest BCUT2D eigenvalue weighted by Crippen LogP contribution is 2.25. The molecule has 3 heteroatoms. The van der Waals surface area contributed by atoms with Gasteiger partial charge in [-0.15, -0.1) is 11.8 Å². The maximum absolute atomic E-state index is 13.1. The van der Waals surface area contributed by atoms with Crippen LogP contribution in [-0.2, 0) is 0 Å². The number of nitrogens with two attached hydrogens (primary N) is 1. The Hall–Kier alpha value is -0.700. The second-order valence-electron chi connectivity index (χ2n) is 3.58. The summed E-state index contributed by atoms with van der Waals surface area (Å²) in [5.74, 6) is 0.455. The Morgan fingerprint density at radius 1 is 1.46 bits per heavy atom. The fraction of sp³-hybridized carbons (Fsp3) is 0.400. The Morgan fingerprint density at radius 2 is 2.15 bits per heavy atom. The first kappa shape index (κ1) is 10.4. The van der Waals surface area contributed by atoms with Crippen LogP contribution in [0.25, 0.3) is 0 Å². The van der Waals surface area contributed by atoms with Crippen molar-refractivity contribution >= 4 is 17.4 Å². The molecule has 2 N–H and O–H groups in total. The van der Waals surface area contributed by atoms with Crippen molar-refractivity contribution in [2.45, 2.75) is 24.4 Å². The number of hydrogen-bond donors (Lipinski definition) is 1. The number of alkyl halides is 1. The number of hydrogen-bond acceptors (Lipinski definition) is 2. The van der Waals surface area contributed by atoms with Gasteiger partial charge in [-0.1, -0.05) is 6.07 Å². The summed E-state index contributed by atoms with van der Waals surface area (Å²) in [7, 11) is 0. The molecule has 0 radical (unpaired) electrons. The van der Waals surface area contributed by atoms with E-state index in [0.29, 0.717) is 5.75 Å². The predicted molar refractivity (Wildman–Crippen MR) is 56.8 cm³/mol. The van der Waals surface area contributed by atoms with Crippen LogP contribution < -0.4 is 5.73 Å². The van der Waals surface area contributed by atoms with Crippen molar-refractivity contribution in [1.29, 1.82) is 0 Å². The van der Waals surface area contributed by atoms with Gasteiger partial charge in [0.2, 0.25) is 0 Å². The van der Waals surface area contributed by atoms with E-state index in [-0.39, 0.29) is 0 Å². The van der Waals surface area contributed by atoms with Gasteiger partial charge in [-0.3, -0.25) is 0 Å². The van der Waals surface area contributed by atoms with Gasteiger partial charge >= 0.3 is 0 Å². The number of anilines is 1. The average molecular weight is 199 g/mol. The van der Waals surface area contributed by atoms with Crippen molar-refractivity contribution in [3.63, 3.8) is 0 Å². The lowest BCUT2D eigenvalue weighted by Crippen LogP contribution is -2.14. The van der Waals surface area contributed by atoms with Crippen molar-refractivity contribution in [1.82, 2.24) is 0 Å². The molecule has 0 aliphatic carbocycles. The molecule has 13 heavy (non-hydrogen) atoms. The molecule has 1 rings (SSSR count). The van der Waals surface area contributed by atoms with Gasteiger partial charge in [-0.2, -0.15) is 0 Å². The third-order valence-corrected chi connectivity index (χ3v) is 2.86. The van der Waals surface area contributed by atoms with Crippen LogP contribution in [0.1, 0.15) is 13.8 Å². The average Bonchev–Trinajstić information content (AvgIpc) is 2.00. The minimum Gasteiger partial charge on any atom is -0.399 e. The smallest absolute Gasteiger partial charge is 0.114 e. The minimum atomic E-state index is -1.13. The standard InChI is InChI=1S/C10H14FNS/c1-10(2,11)7-13-9-5-3-4-8(12)6-9/h3-6H,7,12H2,1-2H3. The quantitative estimate of drug-likeness (QED) is 0.598. The van der Waals surface area contributed by atoms with E-state index in [1.54, 1.807) is 13.8 Å². The van der Waals surface area contributed by atoms with E-state index in [2.05, 4.69) is 0 Å². The molecule has 72 valence electrons. The molecule has 0 aliphatic heterocycles. The van der Waals surface area contributed by atoms with Gasteiger partial charge in [0.15, 0.2) is 0 Å². The molecule has 0 aliphatic rings. The molecule has 0 aromatic heterocycles. The van der Waals surface area contributed by atoms with Crippen LogP contribution in [0.2, 0.25) is 0 Å². The number of nitrogen functional groups attached to an aromatic ring is 1.